The molecule has 6 nitrogen and oxygen atoms in total. The molecule has 1 aliphatic rings. The fourth-order valence-corrected chi connectivity index (χ4v) is 2.99. The van der Waals surface area contributed by atoms with Crippen LogP contribution in [0.2, 0.25) is 0 Å². The van der Waals surface area contributed by atoms with Crippen LogP contribution in [-0.2, 0) is 14.3 Å². The third-order valence-electron chi connectivity index (χ3n) is 4.29. The van der Waals surface area contributed by atoms with Gasteiger partial charge in [0.05, 0.1) is 12.5 Å². The molecular formula is C19H26N2O4. The summed E-state index contributed by atoms with van der Waals surface area (Å²) in [7, 11) is 0. The lowest BCUT2D eigenvalue weighted by Gasteiger charge is -2.32. The van der Waals surface area contributed by atoms with Crippen LogP contribution < -0.4 is 5.32 Å². The zero-order valence-electron chi connectivity index (χ0n) is 14.9. The van der Waals surface area contributed by atoms with Crippen molar-refractivity contribution in [2.24, 2.45) is 5.92 Å². The SMILES string of the molecule is CCOC(=O)[C@H]1CCCN(C(=O)C[C@@H](C)NC(=O)c2ccccc2)C1. The van der Waals surface area contributed by atoms with Gasteiger partial charge in [-0.25, -0.2) is 0 Å². The van der Waals surface area contributed by atoms with E-state index in [1.807, 2.05) is 13.0 Å². The van der Waals surface area contributed by atoms with E-state index >= 15 is 0 Å². The summed E-state index contributed by atoms with van der Waals surface area (Å²) in [6.45, 7) is 4.99. The number of likely N-dealkylation sites (tertiary alicyclic amines) is 1. The van der Waals surface area contributed by atoms with E-state index in [2.05, 4.69) is 5.32 Å². The normalized spacial score (nSPS) is 18.3. The van der Waals surface area contributed by atoms with E-state index in [0.717, 1.165) is 12.8 Å². The molecule has 1 aliphatic heterocycles. The number of benzene rings is 1. The predicted octanol–water partition coefficient (Wildman–Crippen LogP) is 2.00. The molecule has 1 aromatic carbocycles. The van der Waals surface area contributed by atoms with Crippen LogP contribution in [0.4, 0.5) is 0 Å². The second kappa shape index (κ2) is 9.20. The van der Waals surface area contributed by atoms with Crippen molar-refractivity contribution in [1.29, 1.82) is 0 Å². The average molecular weight is 346 g/mol. The van der Waals surface area contributed by atoms with Crippen molar-refractivity contribution in [3.63, 3.8) is 0 Å². The van der Waals surface area contributed by atoms with Gasteiger partial charge in [0.25, 0.3) is 5.91 Å². The number of esters is 1. The molecule has 25 heavy (non-hydrogen) atoms. The molecule has 0 bridgehead atoms. The zero-order chi connectivity index (χ0) is 18.2. The second-order valence-corrected chi connectivity index (χ2v) is 6.38. The highest BCUT2D eigenvalue weighted by atomic mass is 16.5. The molecule has 2 rings (SSSR count). The molecule has 0 aliphatic carbocycles. The quantitative estimate of drug-likeness (QED) is 0.800. The number of nitrogens with one attached hydrogen (secondary N) is 1. The van der Waals surface area contributed by atoms with Crippen molar-refractivity contribution in [1.82, 2.24) is 10.2 Å². The van der Waals surface area contributed by atoms with E-state index in [1.165, 1.54) is 0 Å². The van der Waals surface area contributed by atoms with Crippen molar-refractivity contribution in [2.75, 3.05) is 19.7 Å². The maximum atomic E-state index is 12.5. The van der Waals surface area contributed by atoms with Gasteiger partial charge in [-0.3, -0.25) is 14.4 Å². The maximum Gasteiger partial charge on any atom is 0.310 e. The second-order valence-electron chi connectivity index (χ2n) is 6.38. The van der Waals surface area contributed by atoms with Crippen LogP contribution in [0.1, 0.15) is 43.5 Å². The molecule has 1 aromatic rings. The summed E-state index contributed by atoms with van der Waals surface area (Å²) in [6.07, 6.45) is 1.76. The van der Waals surface area contributed by atoms with Gasteiger partial charge in [-0.2, -0.15) is 0 Å². The first-order chi connectivity index (χ1) is 12.0. The molecule has 1 fully saturated rings. The molecule has 1 N–H and O–H groups in total. The van der Waals surface area contributed by atoms with E-state index in [4.69, 9.17) is 4.74 Å². The lowest BCUT2D eigenvalue weighted by atomic mass is 9.97. The highest BCUT2D eigenvalue weighted by molar-refractivity contribution is 5.94. The Kier molecular flexibility index (Phi) is 6.98. The fraction of sp³-hybridized carbons (Fsp3) is 0.526. The van der Waals surface area contributed by atoms with E-state index in [0.29, 0.717) is 25.3 Å². The van der Waals surface area contributed by atoms with Gasteiger partial charge < -0.3 is 15.0 Å². The molecular weight excluding hydrogens is 320 g/mol. The molecule has 0 radical (unpaired) electrons. The Bertz CT molecular complexity index is 603. The molecule has 1 saturated heterocycles. The smallest absolute Gasteiger partial charge is 0.310 e. The largest absolute Gasteiger partial charge is 0.466 e. The number of carbonyl (C=O) groups is 3. The van der Waals surface area contributed by atoms with E-state index in [9.17, 15) is 14.4 Å². The standard InChI is InChI=1S/C19H26N2O4/c1-3-25-19(24)16-10-7-11-21(13-16)17(22)12-14(2)20-18(23)15-8-5-4-6-9-15/h4-6,8-9,14,16H,3,7,10-13H2,1-2H3,(H,20,23)/t14-,16+/m1/s1. The van der Waals surface area contributed by atoms with Gasteiger partial charge in [0, 0.05) is 31.1 Å². The summed E-state index contributed by atoms with van der Waals surface area (Å²) in [5.74, 6) is -0.712. The highest BCUT2D eigenvalue weighted by Crippen LogP contribution is 2.19. The van der Waals surface area contributed by atoms with E-state index in [-0.39, 0.29) is 36.2 Å². The Labute approximate surface area is 148 Å². The van der Waals surface area contributed by atoms with Crippen LogP contribution in [0, 0.1) is 5.92 Å². The summed E-state index contributed by atoms with van der Waals surface area (Å²) in [4.78, 5) is 38.2. The van der Waals surface area contributed by atoms with Gasteiger partial charge in [-0.15, -0.1) is 0 Å². The van der Waals surface area contributed by atoms with Crippen LogP contribution in [0.25, 0.3) is 0 Å². The molecule has 136 valence electrons. The number of piperidine rings is 1. The number of amides is 2. The molecule has 0 aromatic heterocycles. The number of carbonyl (C=O) groups excluding carboxylic acids is 3. The van der Waals surface area contributed by atoms with Gasteiger partial charge in [-0.1, -0.05) is 18.2 Å². The van der Waals surface area contributed by atoms with Gasteiger partial charge in [0.15, 0.2) is 0 Å². The van der Waals surface area contributed by atoms with Gasteiger partial charge in [-0.05, 0) is 38.8 Å². The van der Waals surface area contributed by atoms with Crippen LogP contribution >= 0.6 is 0 Å². The first-order valence-corrected chi connectivity index (χ1v) is 8.81. The topological polar surface area (TPSA) is 75.7 Å². The lowest BCUT2D eigenvalue weighted by Crippen LogP contribution is -2.45. The van der Waals surface area contributed by atoms with E-state index in [1.54, 1.807) is 36.1 Å². The number of hydrogen-bond acceptors (Lipinski definition) is 4. The third-order valence-corrected chi connectivity index (χ3v) is 4.29. The minimum Gasteiger partial charge on any atom is -0.466 e. The first-order valence-electron chi connectivity index (χ1n) is 8.81. The Morgan fingerprint density at radius 2 is 2.00 bits per heavy atom. The molecule has 0 unspecified atom stereocenters. The minimum absolute atomic E-state index is 0.0464. The Morgan fingerprint density at radius 3 is 2.68 bits per heavy atom. The monoisotopic (exact) mass is 346 g/mol. The Hall–Kier alpha value is -2.37. The average Bonchev–Trinajstić information content (AvgIpc) is 2.62. The van der Waals surface area contributed by atoms with Gasteiger partial charge in [0.2, 0.25) is 5.91 Å². The van der Waals surface area contributed by atoms with Gasteiger partial charge in [0.1, 0.15) is 0 Å². The van der Waals surface area contributed by atoms with Gasteiger partial charge >= 0.3 is 5.97 Å². The van der Waals surface area contributed by atoms with Crippen molar-refractivity contribution < 1.29 is 19.1 Å². The van der Waals surface area contributed by atoms with Crippen LogP contribution in [0.15, 0.2) is 30.3 Å². The molecule has 2 atom stereocenters. The molecule has 0 spiro atoms. The summed E-state index contributed by atoms with van der Waals surface area (Å²) < 4.78 is 5.06. The summed E-state index contributed by atoms with van der Waals surface area (Å²) in [5, 5.41) is 2.84. The van der Waals surface area contributed by atoms with Crippen LogP contribution in [-0.4, -0.2) is 48.4 Å². The van der Waals surface area contributed by atoms with Crippen molar-refractivity contribution >= 4 is 17.8 Å². The molecule has 6 heteroatoms. The molecule has 2 amide bonds. The van der Waals surface area contributed by atoms with Crippen molar-refractivity contribution in [3.8, 4) is 0 Å². The summed E-state index contributed by atoms with van der Waals surface area (Å²) in [5.41, 5.74) is 0.571. The van der Waals surface area contributed by atoms with E-state index < -0.39 is 0 Å². The molecule has 0 saturated carbocycles. The Morgan fingerprint density at radius 1 is 1.28 bits per heavy atom. The fourth-order valence-electron chi connectivity index (χ4n) is 2.99. The third kappa shape index (κ3) is 5.59. The maximum absolute atomic E-state index is 12.5. The summed E-state index contributed by atoms with van der Waals surface area (Å²) >= 11 is 0. The van der Waals surface area contributed by atoms with Crippen molar-refractivity contribution in [3.05, 3.63) is 35.9 Å². The minimum atomic E-state index is -0.275. The highest BCUT2D eigenvalue weighted by Gasteiger charge is 2.29. The zero-order valence-corrected chi connectivity index (χ0v) is 14.9. The predicted molar refractivity (Wildman–Crippen MR) is 93.9 cm³/mol. The number of nitrogens with zero attached hydrogens (tertiary/aromatic N) is 1. The number of ether oxygens (including phenoxy) is 1. The van der Waals surface area contributed by atoms with Crippen molar-refractivity contribution in [2.45, 2.75) is 39.2 Å². The van der Waals surface area contributed by atoms with Crippen LogP contribution in [0.5, 0.6) is 0 Å². The Balaban J connectivity index is 1.84. The molecule has 1 heterocycles. The number of rotatable bonds is 6. The first kappa shape index (κ1) is 19.0. The van der Waals surface area contributed by atoms with Crippen LogP contribution in [0.3, 0.4) is 0 Å². The summed E-state index contributed by atoms with van der Waals surface area (Å²) in [6, 6.07) is 8.64. The lowest BCUT2D eigenvalue weighted by molar-refractivity contribution is -0.151. The number of hydrogen-bond donors (Lipinski definition) is 1.